The molecule has 0 spiro atoms. The van der Waals surface area contributed by atoms with Gasteiger partial charge in [0.25, 0.3) is 6.10 Å². The summed E-state index contributed by atoms with van der Waals surface area (Å²) in [6.45, 7) is 1.26. The molecule has 1 rings (SSSR count). The zero-order chi connectivity index (χ0) is 15.7. The second kappa shape index (κ2) is 5.17. The van der Waals surface area contributed by atoms with Crippen LogP contribution in [0.5, 0.6) is 5.75 Å². The second-order valence-electron chi connectivity index (χ2n) is 3.71. The zero-order valence-corrected chi connectivity index (χ0v) is 9.71. The minimum atomic E-state index is -5.73. The van der Waals surface area contributed by atoms with Crippen molar-refractivity contribution in [2.24, 2.45) is 0 Å². The fourth-order valence-electron chi connectivity index (χ4n) is 1.24. The van der Waals surface area contributed by atoms with Gasteiger partial charge in [0.1, 0.15) is 11.3 Å². The predicted octanol–water partition coefficient (Wildman–Crippen LogP) is 2.96. The normalized spacial score (nSPS) is 12.6. The highest BCUT2D eigenvalue weighted by Crippen LogP contribution is 2.37. The van der Waals surface area contributed by atoms with Crippen molar-refractivity contribution in [2.75, 3.05) is 0 Å². The van der Waals surface area contributed by atoms with Gasteiger partial charge in [-0.05, 0) is 6.92 Å². The minimum Gasteiger partial charge on any atom is -0.477 e. The summed E-state index contributed by atoms with van der Waals surface area (Å²) in [6, 6.07) is 0.688. The van der Waals surface area contributed by atoms with E-state index in [0.717, 1.165) is 0 Å². The van der Waals surface area contributed by atoms with E-state index in [9.17, 15) is 31.1 Å². The summed E-state index contributed by atoms with van der Waals surface area (Å²) in [5.74, 6) is -2.81. The van der Waals surface area contributed by atoms with Crippen molar-refractivity contribution < 1.29 is 41.0 Å². The Morgan fingerprint density at radius 1 is 1.25 bits per heavy atom. The van der Waals surface area contributed by atoms with Crippen LogP contribution in [0.3, 0.4) is 0 Å². The molecule has 1 heterocycles. The first-order valence-corrected chi connectivity index (χ1v) is 4.93. The zero-order valence-electron chi connectivity index (χ0n) is 9.71. The molecule has 0 saturated carbocycles. The Labute approximate surface area is 108 Å². The van der Waals surface area contributed by atoms with Crippen LogP contribution in [0.1, 0.15) is 16.1 Å². The number of ether oxygens (including phenoxy) is 1. The number of halogens is 6. The van der Waals surface area contributed by atoms with Gasteiger partial charge in [-0.25, -0.2) is 4.79 Å². The van der Waals surface area contributed by atoms with Gasteiger partial charge < -0.3 is 9.84 Å². The third-order valence-corrected chi connectivity index (χ3v) is 2.07. The quantitative estimate of drug-likeness (QED) is 0.872. The lowest BCUT2D eigenvalue weighted by molar-refractivity contribution is -0.300. The molecule has 0 aliphatic rings. The van der Waals surface area contributed by atoms with Crippen molar-refractivity contribution in [1.29, 1.82) is 0 Å². The summed E-state index contributed by atoms with van der Waals surface area (Å²) in [5, 5.41) is 8.69. The van der Waals surface area contributed by atoms with Gasteiger partial charge in [0.05, 0.1) is 0 Å². The third-order valence-electron chi connectivity index (χ3n) is 2.07. The molecule has 0 saturated heterocycles. The average Bonchev–Trinajstić information content (AvgIpc) is 2.22. The molecule has 0 amide bonds. The third kappa shape index (κ3) is 3.75. The van der Waals surface area contributed by atoms with E-state index in [-0.39, 0.29) is 5.69 Å². The molecule has 0 bridgehead atoms. The SMILES string of the molecule is Cc1cc(OC(C(F)(F)F)C(F)(F)F)c(C(=O)O)cn1. The monoisotopic (exact) mass is 303 g/mol. The Kier molecular flexibility index (Phi) is 4.15. The maximum Gasteiger partial charge on any atom is 0.434 e. The van der Waals surface area contributed by atoms with Crippen LogP contribution in [0.25, 0.3) is 0 Å². The molecule has 4 nitrogen and oxygen atoms in total. The molecule has 1 aromatic heterocycles. The van der Waals surface area contributed by atoms with Crippen LogP contribution in [-0.2, 0) is 0 Å². The van der Waals surface area contributed by atoms with Gasteiger partial charge in [-0.1, -0.05) is 0 Å². The van der Waals surface area contributed by atoms with Crippen LogP contribution in [0.4, 0.5) is 26.3 Å². The summed E-state index contributed by atoms with van der Waals surface area (Å²) in [5.41, 5.74) is -0.887. The highest BCUT2D eigenvalue weighted by Gasteiger charge is 2.59. The van der Waals surface area contributed by atoms with Gasteiger partial charge in [0, 0.05) is 18.0 Å². The molecule has 0 unspecified atom stereocenters. The van der Waals surface area contributed by atoms with Crippen molar-refractivity contribution in [3.63, 3.8) is 0 Å². The van der Waals surface area contributed by atoms with Crippen molar-refractivity contribution in [1.82, 2.24) is 4.98 Å². The average molecular weight is 303 g/mol. The Balaban J connectivity index is 3.24. The molecule has 1 N–H and O–H groups in total. The topological polar surface area (TPSA) is 59.4 Å². The van der Waals surface area contributed by atoms with E-state index in [0.29, 0.717) is 12.3 Å². The molecule has 112 valence electrons. The molecule has 0 fully saturated rings. The van der Waals surface area contributed by atoms with E-state index in [2.05, 4.69) is 9.72 Å². The largest absolute Gasteiger partial charge is 0.477 e. The van der Waals surface area contributed by atoms with Gasteiger partial charge >= 0.3 is 18.3 Å². The lowest BCUT2D eigenvalue weighted by atomic mass is 10.2. The number of aromatic nitrogens is 1. The smallest absolute Gasteiger partial charge is 0.434 e. The number of carboxylic acids is 1. The number of hydrogen-bond acceptors (Lipinski definition) is 3. The Morgan fingerprint density at radius 2 is 1.75 bits per heavy atom. The van der Waals surface area contributed by atoms with Crippen LogP contribution in [-0.4, -0.2) is 34.5 Å². The highest BCUT2D eigenvalue weighted by molar-refractivity contribution is 5.90. The molecule has 20 heavy (non-hydrogen) atoms. The standard InChI is InChI=1S/C10H7F6NO3/c1-4-2-6(5(3-17-4)7(18)19)20-8(9(11,12)13)10(14,15)16/h2-3,8H,1H3,(H,18,19). The number of carbonyl (C=O) groups is 1. The molecule has 0 radical (unpaired) electrons. The number of carboxylic acid groups (broad SMARTS) is 1. The van der Waals surface area contributed by atoms with E-state index in [1.807, 2.05) is 0 Å². The van der Waals surface area contributed by atoms with Crippen molar-refractivity contribution in [2.45, 2.75) is 25.4 Å². The Bertz CT molecular complexity index is 497. The van der Waals surface area contributed by atoms with Crippen LogP contribution < -0.4 is 4.74 Å². The number of pyridine rings is 1. The maximum absolute atomic E-state index is 12.3. The number of aromatic carboxylic acids is 1. The summed E-state index contributed by atoms with van der Waals surface area (Å²) in [7, 11) is 0. The van der Waals surface area contributed by atoms with Crippen molar-refractivity contribution >= 4 is 5.97 Å². The molecule has 0 aliphatic heterocycles. The number of hydrogen-bond donors (Lipinski definition) is 1. The van der Waals surface area contributed by atoms with E-state index < -0.39 is 35.7 Å². The second-order valence-corrected chi connectivity index (χ2v) is 3.71. The molecule has 1 aromatic rings. The van der Waals surface area contributed by atoms with Crippen LogP contribution in [0.15, 0.2) is 12.3 Å². The predicted molar refractivity (Wildman–Crippen MR) is 52.5 cm³/mol. The number of alkyl halides is 6. The fraction of sp³-hybridized carbons (Fsp3) is 0.400. The lowest BCUT2D eigenvalue weighted by Crippen LogP contribution is -2.46. The first-order valence-electron chi connectivity index (χ1n) is 4.93. The Hall–Kier alpha value is -2.00. The number of aryl methyl sites for hydroxylation is 1. The van der Waals surface area contributed by atoms with Gasteiger partial charge in [-0.15, -0.1) is 0 Å². The molecule has 10 heteroatoms. The molecule has 0 atom stereocenters. The molecular weight excluding hydrogens is 296 g/mol. The summed E-state index contributed by atoms with van der Waals surface area (Å²) < 4.78 is 77.8. The van der Waals surface area contributed by atoms with Crippen molar-refractivity contribution in [3.05, 3.63) is 23.5 Å². The van der Waals surface area contributed by atoms with Gasteiger partial charge in [-0.2, -0.15) is 26.3 Å². The van der Waals surface area contributed by atoms with Gasteiger partial charge in [0.15, 0.2) is 0 Å². The molecule has 0 aromatic carbocycles. The van der Waals surface area contributed by atoms with E-state index >= 15 is 0 Å². The first kappa shape index (κ1) is 16.1. The van der Waals surface area contributed by atoms with Crippen LogP contribution in [0, 0.1) is 6.92 Å². The van der Waals surface area contributed by atoms with E-state index in [1.165, 1.54) is 6.92 Å². The highest BCUT2D eigenvalue weighted by atomic mass is 19.4. The maximum atomic E-state index is 12.3. The van der Waals surface area contributed by atoms with Crippen molar-refractivity contribution in [3.8, 4) is 5.75 Å². The van der Waals surface area contributed by atoms with E-state index in [4.69, 9.17) is 5.11 Å². The minimum absolute atomic E-state index is 0.00750. The number of rotatable bonds is 3. The van der Waals surface area contributed by atoms with Crippen LogP contribution >= 0.6 is 0 Å². The van der Waals surface area contributed by atoms with Crippen LogP contribution in [0.2, 0.25) is 0 Å². The summed E-state index contributed by atoms with van der Waals surface area (Å²) >= 11 is 0. The number of nitrogens with zero attached hydrogens (tertiary/aromatic N) is 1. The summed E-state index contributed by atoms with van der Waals surface area (Å²) in [6.07, 6.45) is -15.0. The molecule has 0 aliphatic carbocycles. The lowest BCUT2D eigenvalue weighted by Gasteiger charge is -2.24. The van der Waals surface area contributed by atoms with E-state index in [1.54, 1.807) is 0 Å². The molecular formula is C10H7F6NO3. The Morgan fingerprint density at radius 3 is 2.15 bits per heavy atom. The first-order chi connectivity index (χ1) is 8.93. The van der Waals surface area contributed by atoms with Gasteiger partial charge in [0.2, 0.25) is 0 Å². The fourth-order valence-corrected chi connectivity index (χ4v) is 1.24. The summed E-state index contributed by atoms with van der Waals surface area (Å²) in [4.78, 5) is 14.2. The van der Waals surface area contributed by atoms with Gasteiger partial charge in [-0.3, -0.25) is 4.98 Å².